The van der Waals surface area contributed by atoms with Crippen molar-refractivity contribution >= 4 is 11.9 Å². The van der Waals surface area contributed by atoms with Gasteiger partial charge in [0.05, 0.1) is 18.0 Å². The lowest BCUT2D eigenvalue weighted by Crippen LogP contribution is -2.51. The van der Waals surface area contributed by atoms with Crippen LogP contribution in [0.25, 0.3) is 0 Å². The van der Waals surface area contributed by atoms with Crippen molar-refractivity contribution in [2.45, 2.75) is 18.9 Å². The summed E-state index contributed by atoms with van der Waals surface area (Å²) in [7, 11) is 0. The lowest BCUT2D eigenvalue weighted by molar-refractivity contribution is -0.145. The number of aromatic nitrogens is 2. The molecule has 0 aliphatic carbocycles. The van der Waals surface area contributed by atoms with Crippen molar-refractivity contribution < 1.29 is 14.7 Å². The molecule has 0 radical (unpaired) electrons. The van der Waals surface area contributed by atoms with Crippen LogP contribution >= 0.6 is 0 Å². The highest BCUT2D eigenvalue weighted by atomic mass is 16.4. The van der Waals surface area contributed by atoms with Gasteiger partial charge in [0.15, 0.2) is 5.54 Å². The van der Waals surface area contributed by atoms with E-state index in [4.69, 9.17) is 0 Å². The first-order valence-electron chi connectivity index (χ1n) is 6.48. The van der Waals surface area contributed by atoms with Crippen LogP contribution < -0.4 is 5.32 Å². The van der Waals surface area contributed by atoms with Crippen molar-refractivity contribution in [1.29, 1.82) is 0 Å². The van der Waals surface area contributed by atoms with E-state index in [2.05, 4.69) is 15.5 Å². The second kappa shape index (κ2) is 6.13. The van der Waals surface area contributed by atoms with Gasteiger partial charge in [-0.25, -0.2) is 4.79 Å². The third-order valence-corrected chi connectivity index (χ3v) is 3.34. The number of hydrogen-bond acceptors (Lipinski definition) is 4. The van der Waals surface area contributed by atoms with Gasteiger partial charge in [0, 0.05) is 0 Å². The summed E-state index contributed by atoms with van der Waals surface area (Å²) in [5, 5.41) is 19.4. The van der Waals surface area contributed by atoms with Gasteiger partial charge in [-0.15, -0.1) is 0 Å². The second-order valence-corrected chi connectivity index (χ2v) is 4.52. The van der Waals surface area contributed by atoms with Crippen LogP contribution in [0.4, 0.5) is 0 Å². The summed E-state index contributed by atoms with van der Waals surface area (Å²) in [5.41, 5.74) is -0.683. The number of carbonyl (C=O) groups is 2. The van der Waals surface area contributed by atoms with Crippen molar-refractivity contribution in [3.8, 4) is 0 Å². The third kappa shape index (κ3) is 2.89. The number of carboxylic acids is 1. The third-order valence-electron chi connectivity index (χ3n) is 3.34. The minimum atomic E-state index is -1.47. The number of nitrogens with zero attached hydrogens (tertiary/aromatic N) is 2. The first kappa shape index (κ1) is 14.6. The van der Waals surface area contributed by atoms with Crippen molar-refractivity contribution in [3.05, 3.63) is 59.9 Å². The molecule has 108 valence electrons. The van der Waals surface area contributed by atoms with E-state index < -0.39 is 17.4 Å². The standard InChI is InChI=1S/C15H15N3O3/c1-2-15(14(20)21,12-6-4-3-5-7-12)18-13(19)11-8-9-16-17-10-11/h3-10H,2H2,1H3,(H,18,19)(H,20,21). The van der Waals surface area contributed by atoms with E-state index in [1.165, 1.54) is 18.5 Å². The van der Waals surface area contributed by atoms with Crippen molar-refractivity contribution in [2.24, 2.45) is 0 Å². The van der Waals surface area contributed by atoms with Crippen LogP contribution in [0.1, 0.15) is 29.3 Å². The maximum absolute atomic E-state index is 12.3. The van der Waals surface area contributed by atoms with E-state index in [-0.39, 0.29) is 12.0 Å². The predicted octanol–water partition coefficient (Wildman–Crippen LogP) is 1.60. The highest BCUT2D eigenvalue weighted by molar-refractivity contribution is 5.97. The number of rotatable bonds is 5. The fourth-order valence-corrected chi connectivity index (χ4v) is 2.11. The Kier molecular flexibility index (Phi) is 4.27. The summed E-state index contributed by atoms with van der Waals surface area (Å²) in [6, 6.07) is 10.1. The summed E-state index contributed by atoms with van der Waals surface area (Å²) >= 11 is 0. The minimum Gasteiger partial charge on any atom is -0.479 e. The summed E-state index contributed by atoms with van der Waals surface area (Å²) in [4.78, 5) is 24.0. The van der Waals surface area contributed by atoms with Gasteiger partial charge in [0.1, 0.15) is 0 Å². The monoisotopic (exact) mass is 285 g/mol. The Bertz CT molecular complexity index is 631. The molecule has 1 aromatic carbocycles. The van der Waals surface area contributed by atoms with Crippen LogP contribution in [0, 0.1) is 0 Å². The zero-order valence-corrected chi connectivity index (χ0v) is 11.5. The Morgan fingerprint density at radius 3 is 2.43 bits per heavy atom. The molecule has 1 unspecified atom stereocenters. The molecular formula is C15H15N3O3. The van der Waals surface area contributed by atoms with Gasteiger partial charge in [-0.2, -0.15) is 10.2 Å². The fraction of sp³-hybridized carbons (Fsp3) is 0.200. The molecule has 1 heterocycles. The van der Waals surface area contributed by atoms with Gasteiger partial charge in [0.25, 0.3) is 5.91 Å². The first-order valence-corrected chi connectivity index (χ1v) is 6.48. The molecule has 1 atom stereocenters. The molecular weight excluding hydrogens is 270 g/mol. The maximum atomic E-state index is 12.3. The summed E-state index contributed by atoms with van der Waals surface area (Å²) in [6.45, 7) is 1.71. The largest absolute Gasteiger partial charge is 0.479 e. The van der Waals surface area contributed by atoms with Gasteiger partial charge < -0.3 is 10.4 Å². The number of benzene rings is 1. The molecule has 21 heavy (non-hydrogen) atoms. The summed E-state index contributed by atoms with van der Waals surface area (Å²) < 4.78 is 0. The first-order chi connectivity index (χ1) is 10.1. The lowest BCUT2D eigenvalue weighted by atomic mass is 9.87. The molecule has 2 rings (SSSR count). The van der Waals surface area contributed by atoms with Gasteiger partial charge >= 0.3 is 5.97 Å². The zero-order chi connectivity index (χ0) is 15.3. The van der Waals surface area contributed by atoms with E-state index in [0.29, 0.717) is 5.56 Å². The van der Waals surface area contributed by atoms with Crippen LogP contribution in [0.3, 0.4) is 0 Å². The molecule has 6 nitrogen and oxygen atoms in total. The smallest absolute Gasteiger partial charge is 0.334 e. The van der Waals surface area contributed by atoms with E-state index >= 15 is 0 Å². The highest BCUT2D eigenvalue weighted by Gasteiger charge is 2.40. The minimum absolute atomic E-state index is 0.219. The Morgan fingerprint density at radius 2 is 1.90 bits per heavy atom. The summed E-state index contributed by atoms with van der Waals surface area (Å²) in [5.74, 6) is -1.61. The van der Waals surface area contributed by atoms with Crippen molar-refractivity contribution in [3.63, 3.8) is 0 Å². The molecule has 0 saturated heterocycles. The number of hydrogen-bond donors (Lipinski definition) is 2. The van der Waals surface area contributed by atoms with Gasteiger partial charge in [0.2, 0.25) is 0 Å². The van der Waals surface area contributed by atoms with Crippen LogP contribution in [-0.4, -0.2) is 27.2 Å². The maximum Gasteiger partial charge on any atom is 0.334 e. The topological polar surface area (TPSA) is 92.2 Å². The van der Waals surface area contributed by atoms with E-state index in [1.807, 2.05) is 0 Å². The zero-order valence-electron chi connectivity index (χ0n) is 11.5. The van der Waals surface area contributed by atoms with Crippen molar-refractivity contribution in [2.75, 3.05) is 0 Å². The molecule has 2 N–H and O–H groups in total. The van der Waals surface area contributed by atoms with E-state index in [9.17, 15) is 14.7 Å². The Morgan fingerprint density at radius 1 is 1.19 bits per heavy atom. The molecule has 6 heteroatoms. The Balaban J connectivity index is 2.38. The molecule has 0 aliphatic heterocycles. The molecule has 2 aromatic rings. The second-order valence-electron chi connectivity index (χ2n) is 4.52. The highest BCUT2D eigenvalue weighted by Crippen LogP contribution is 2.26. The van der Waals surface area contributed by atoms with Crippen LogP contribution in [-0.2, 0) is 10.3 Å². The van der Waals surface area contributed by atoms with E-state index in [0.717, 1.165) is 0 Å². The van der Waals surface area contributed by atoms with Gasteiger partial charge in [-0.05, 0) is 18.1 Å². The van der Waals surface area contributed by atoms with Crippen LogP contribution in [0.5, 0.6) is 0 Å². The SMILES string of the molecule is CCC(NC(=O)c1ccnnc1)(C(=O)O)c1ccccc1. The van der Waals surface area contributed by atoms with Crippen molar-refractivity contribution in [1.82, 2.24) is 15.5 Å². The number of aliphatic carboxylic acids is 1. The number of carboxylic acid groups (broad SMARTS) is 1. The molecule has 1 amide bonds. The average molecular weight is 285 g/mol. The predicted molar refractivity (Wildman–Crippen MR) is 75.5 cm³/mol. The molecule has 0 aliphatic rings. The lowest BCUT2D eigenvalue weighted by Gasteiger charge is -2.30. The Hall–Kier alpha value is -2.76. The number of nitrogens with one attached hydrogen (secondary N) is 1. The Labute approximate surface area is 121 Å². The number of carbonyl (C=O) groups excluding carboxylic acids is 1. The summed E-state index contributed by atoms with van der Waals surface area (Å²) in [6.07, 6.45) is 2.89. The number of amides is 1. The van der Waals surface area contributed by atoms with Crippen LogP contribution in [0.15, 0.2) is 48.8 Å². The molecule has 1 aromatic heterocycles. The molecule has 0 spiro atoms. The molecule has 0 bridgehead atoms. The quantitative estimate of drug-likeness (QED) is 0.870. The average Bonchev–Trinajstić information content (AvgIpc) is 2.54. The fourth-order valence-electron chi connectivity index (χ4n) is 2.11. The normalized spacial score (nSPS) is 13.2. The van der Waals surface area contributed by atoms with Gasteiger partial charge in [-0.1, -0.05) is 37.3 Å². The van der Waals surface area contributed by atoms with Gasteiger partial charge in [-0.3, -0.25) is 4.79 Å². The van der Waals surface area contributed by atoms with Crippen LogP contribution in [0.2, 0.25) is 0 Å². The molecule has 0 fully saturated rings. The van der Waals surface area contributed by atoms with E-state index in [1.54, 1.807) is 37.3 Å². The molecule has 0 saturated carbocycles.